The molecule has 1 aromatic rings. The largest absolute Gasteiger partial charge is 0.497 e. The highest BCUT2D eigenvalue weighted by Gasteiger charge is 2.45. The molecule has 1 aromatic carbocycles. The summed E-state index contributed by atoms with van der Waals surface area (Å²) in [5.74, 6) is 0.856. The summed E-state index contributed by atoms with van der Waals surface area (Å²) >= 11 is 0. The maximum Gasteiger partial charge on any atom is 0.235 e. The molecule has 0 radical (unpaired) electrons. The molecule has 0 N–H and O–H groups in total. The normalized spacial score (nSPS) is 17.2. The Bertz CT molecular complexity index is 450. The highest BCUT2D eigenvalue weighted by molar-refractivity contribution is 5.88. The fourth-order valence-electron chi connectivity index (χ4n) is 1.94. The maximum absolute atomic E-state index is 11.1. The Morgan fingerprint density at radius 3 is 2.38 bits per heavy atom. The lowest BCUT2D eigenvalue weighted by Gasteiger charge is -2.35. The monoisotopic (exact) mass is 217 g/mol. The van der Waals surface area contributed by atoms with Gasteiger partial charge in [-0.05, 0) is 17.7 Å². The number of carbonyl (C=O) groups is 1. The molecule has 4 nitrogen and oxygen atoms in total. The lowest BCUT2D eigenvalue weighted by molar-refractivity contribution is -0.128. The van der Waals surface area contributed by atoms with E-state index in [2.05, 4.69) is 4.99 Å². The van der Waals surface area contributed by atoms with Gasteiger partial charge in [0.2, 0.25) is 6.08 Å². The van der Waals surface area contributed by atoms with Crippen molar-refractivity contribution >= 4 is 11.9 Å². The molecule has 0 unspecified atom stereocenters. The van der Waals surface area contributed by atoms with Crippen LogP contribution in [0, 0.1) is 0 Å². The number of hydrogen-bond acceptors (Lipinski definition) is 4. The van der Waals surface area contributed by atoms with E-state index in [4.69, 9.17) is 4.74 Å². The number of ketones is 1. The molecule has 0 spiro atoms. The number of nitrogens with zero attached hydrogens (tertiary/aromatic N) is 1. The molecule has 0 saturated heterocycles. The van der Waals surface area contributed by atoms with Gasteiger partial charge in [0.15, 0.2) is 0 Å². The number of aliphatic imine (C=N–C) groups is 1. The molecule has 1 saturated carbocycles. The fourth-order valence-corrected chi connectivity index (χ4v) is 1.94. The minimum atomic E-state index is -0.675. The molecule has 1 aliphatic rings. The zero-order valence-electron chi connectivity index (χ0n) is 8.90. The molecule has 1 aliphatic carbocycles. The minimum absolute atomic E-state index is 0.120. The molecular weight excluding hydrogens is 206 g/mol. The molecule has 0 atom stereocenters. The van der Waals surface area contributed by atoms with Crippen LogP contribution in [0.1, 0.15) is 18.4 Å². The van der Waals surface area contributed by atoms with Gasteiger partial charge in [0.05, 0.1) is 7.11 Å². The van der Waals surface area contributed by atoms with Crippen LogP contribution < -0.4 is 4.74 Å². The first-order valence-corrected chi connectivity index (χ1v) is 4.95. The summed E-state index contributed by atoms with van der Waals surface area (Å²) in [7, 11) is 1.58. The lowest BCUT2D eigenvalue weighted by Crippen LogP contribution is -2.39. The van der Waals surface area contributed by atoms with E-state index in [-0.39, 0.29) is 18.6 Å². The minimum Gasteiger partial charge on any atom is -0.497 e. The van der Waals surface area contributed by atoms with Gasteiger partial charge in [-0.2, -0.15) is 4.99 Å². The van der Waals surface area contributed by atoms with E-state index in [0.29, 0.717) is 0 Å². The number of hydrogen-bond donors (Lipinski definition) is 0. The molecule has 4 heteroatoms. The highest BCUT2D eigenvalue weighted by atomic mass is 16.5. The number of ether oxygens (including phenoxy) is 1. The van der Waals surface area contributed by atoms with E-state index >= 15 is 0 Å². The lowest BCUT2D eigenvalue weighted by atomic mass is 9.71. The summed E-state index contributed by atoms with van der Waals surface area (Å²) in [6, 6.07) is 7.23. The quantitative estimate of drug-likeness (QED) is 0.570. The van der Waals surface area contributed by atoms with Crippen LogP contribution in [-0.4, -0.2) is 19.0 Å². The van der Waals surface area contributed by atoms with Crippen LogP contribution in [0.5, 0.6) is 5.75 Å². The molecule has 0 aromatic heterocycles. The van der Waals surface area contributed by atoms with Crippen molar-refractivity contribution in [2.24, 2.45) is 4.99 Å². The first-order chi connectivity index (χ1) is 7.70. The molecule has 16 heavy (non-hydrogen) atoms. The molecule has 82 valence electrons. The molecule has 1 fully saturated rings. The molecule has 0 aliphatic heterocycles. The third kappa shape index (κ3) is 1.64. The van der Waals surface area contributed by atoms with Crippen molar-refractivity contribution in [3.8, 4) is 5.75 Å². The zero-order valence-corrected chi connectivity index (χ0v) is 8.90. The van der Waals surface area contributed by atoms with Crippen molar-refractivity contribution in [2.75, 3.05) is 7.11 Å². The van der Waals surface area contributed by atoms with Crippen molar-refractivity contribution in [1.29, 1.82) is 0 Å². The number of Topliss-reactive ketones (excluding diaryl/α,β-unsaturated/α-hetero) is 1. The van der Waals surface area contributed by atoms with Crippen molar-refractivity contribution < 1.29 is 14.3 Å². The highest BCUT2D eigenvalue weighted by Crippen LogP contribution is 2.42. The van der Waals surface area contributed by atoms with E-state index in [0.717, 1.165) is 11.3 Å². The summed E-state index contributed by atoms with van der Waals surface area (Å²) in [6.07, 6.45) is 2.12. The van der Waals surface area contributed by atoms with Crippen LogP contribution in [0.4, 0.5) is 0 Å². The second-order valence-corrected chi connectivity index (χ2v) is 3.86. The first kappa shape index (κ1) is 10.6. The van der Waals surface area contributed by atoms with Gasteiger partial charge in [0.1, 0.15) is 17.1 Å². The van der Waals surface area contributed by atoms with E-state index in [9.17, 15) is 9.59 Å². The van der Waals surface area contributed by atoms with E-state index < -0.39 is 5.54 Å². The average molecular weight is 217 g/mol. The average Bonchev–Trinajstić information content (AvgIpc) is 2.27. The molecule has 0 bridgehead atoms. The molecule has 2 rings (SSSR count). The second kappa shape index (κ2) is 3.91. The van der Waals surface area contributed by atoms with Gasteiger partial charge in [0.25, 0.3) is 0 Å². The smallest absolute Gasteiger partial charge is 0.235 e. The van der Waals surface area contributed by atoms with Crippen molar-refractivity contribution in [1.82, 2.24) is 0 Å². The van der Waals surface area contributed by atoms with Gasteiger partial charge < -0.3 is 4.74 Å². The first-order valence-electron chi connectivity index (χ1n) is 4.95. The maximum atomic E-state index is 11.1. The number of methoxy groups -OCH3 is 1. The summed E-state index contributed by atoms with van der Waals surface area (Å²) in [5.41, 5.74) is 0.182. The van der Waals surface area contributed by atoms with Crippen LogP contribution in [0.25, 0.3) is 0 Å². The SMILES string of the molecule is COc1ccc(C2(N=C=O)CC(=O)C2)cc1. The number of benzene rings is 1. The zero-order chi connectivity index (χ0) is 11.6. The predicted octanol–water partition coefficient (Wildman–Crippen LogP) is 1.59. The van der Waals surface area contributed by atoms with Crippen LogP contribution in [0.2, 0.25) is 0 Å². The van der Waals surface area contributed by atoms with Gasteiger partial charge in [-0.1, -0.05) is 12.1 Å². The van der Waals surface area contributed by atoms with Crippen LogP contribution in [0.15, 0.2) is 29.3 Å². The van der Waals surface area contributed by atoms with Gasteiger partial charge in [-0.25, -0.2) is 4.79 Å². The van der Waals surface area contributed by atoms with Crippen LogP contribution >= 0.6 is 0 Å². The van der Waals surface area contributed by atoms with Crippen LogP contribution in [-0.2, 0) is 15.1 Å². The summed E-state index contributed by atoms with van der Waals surface area (Å²) in [5, 5.41) is 0. The van der Waals surface area contributed by atoms with Gasteiger partial charge in [-0.3, -0.25) is 4.79 Å². The summed E-state index contributed by atoms with van der Waals surface area (Å²) in [4.78, 5) is 25.2. The predicted molar refractivity (Wildman–Crippen MR) is 57.0 cm³/mol. The van der Waals surface area contributed by atoms with E-state index in [1.54, 1.807) is 25.3 Å². The summed E-state index contributed by atoms with van der Waals surface area (Å²) in [6.45, 7) is 0. The molecule has 0 amide bonds. The number of carbonyl (C=O) groups excluding carboxylic acids is 2. The Labute approximate surface area is 92.9 Å². The van der Waals surface area contributed by atoms with E-state index in [1.165, 1.54) is 0 Å². The van der Waals surface area contributed by atoms with Crippen molar-refractivity contribution in [2.45, 2.75) is 18.4 Å². The second-order valence-electron chi connectivity index (χ2n) is 3.86. The standard InChI is InChI=1S/C12H11NO3/c1-16-11-4-2-9(3-5-11)12(13-8-14)6-10(15)7-12/h2-5H,6-7H2,1H3. The van der Waals surface area contributed by atoms with Gasteiger partial charge >= 0.3 is 0 Å². The van der Waals surface area contributed by atoms with Crippen LogP contribution in [0.3, 0.4) is 0 Å². The number of rotatable bonds is 3. The fraction of sp³-hybridized carbons (Fsp3) is 0.333. The van der Waals surface area contributed by atoms with Crippen molar-refractivity contribution in [3.63, 3.8) is 0 Å². The van der Waals surface area contributed by atoms with Gasteiger partial charge in [0, 0.05) is 12.8 Å². The third-order valence-corrected chi connectivity index (χ3v) is 2.87. The van der Waals surface area contributed by atoms with E-state index in [1.807, 2.05) is 12.1 Å². The Balaban J connectivity index is 2.33. The Morgan fingerprint density at radius 2 is 1.94 bits per heavy atom. The Morgan fingerprint density at radius 1 is 1.31 bits per heavy atom. The molecule has 0 heterocycles. The van der Waals surface area contributed by atoms with Gasteiger partial charge in [-0.15, -0.1) is 0 Å². The van der Waals surface area contributed by atoms with Crippen molar-refractivity contribution in [3.05, 3.63) is 29.8 Å². The Hall–Kier alpha value is -1.93. The third-order valence-electron chi connectivity index (χ3n) is 2.87. The summed E-state index contributed by atoms with van der Waals surface area (Å²) < 4.78 is 5.04. The molecular formula is C12H11NO3. The Kier molecular flexibility index (Phi) is 2.59. The topological polar surface area (TPSA) is 55.7 Å². The number of isocyanates is 1.